The first kappa shape index (κ1) is 18.7. The number of pyridine rings is 1. The average molecular weight is 382 g/mol. The van der Waals surface area contributed by atoms with E-state index in [1.807, 2.05) is 29.2 Å². The smallest absolute Gasteiger partial charge is 0.272 e. The predicted octanol–water partition coefficient (Wildman–Crippen LogP) is 3.56. The van der Waals surface area contributed by atoms with E-state index in [2.05, 4.69) is 14.8 Å². The van der Waals surface area contributed by atoms with Crippen molar-refractivity contribution in [2.24, 2.45) is 0 Å². The van der Waals surface area contributed by atoms with Gasteiger partial charge in [0.1, 0.15) is 11.5 Å². The molecule has 2 saturated heterocycles. The molecule has 2 fully saturated rings. The molecule has 2 aromatic rings. The molecule has 4 rings (SSSR count). The predicted molar refractivity (Wildman–Crippen MR) is 109 cm³/mol. The molecule has 0 radical (unpaired) electrons. The molecule has 2 aliphatic rings. The number of amides is 1. The van der Waals surface area contributed by atoms with Gasteiger partial charge in [0.15, 0.2) is 0 Å². The molecule has 0 atom stereocenters. The summed E-state index contributed by atoms with van der Waals surface area (Å²) in [6.07, 6.45) is 6.36. The standard InChI is InChI=1S/C22H27FN4O/c23-19-7-3-4-8-21(19)26-15-13-25(14-16-26)18-9-10-20(24-17-18)22(28)27-11-5-1-2-6-12-27/h3-4,7-10,17H,1-2,5-6,11-16H2. The Morgan fingerprint density at radius 2 is 1.50 bits per heavy atom. The molecule has 0 bridgehead atoms. The number of likely N-dealkylation sites (tertiary alicyclic amines) is 1. The van der Waals surface area contributed by atoms with E-state index in [1.54, 1.807) is 12.3 Å². The van der Waals surface area contributed by atoms with E-state index < -0.39 is 0 Å². The highest BCUT2D eigenvalue weighted by Crippen LogP contribution is 2.23. The van der Waals surface area contributed by atoms with Crippen LogP contribution < -0.4 is 9.80 Å². The van der Waals surface area contributed by atoms with E-state index in [1.165, 1.54) is 18.9 Å². The summed E-state index contributed by atoms with van der Waals surface area (Å²) in [5.41, 5.74) is 2.20. The minimum Gasteiger partial charge on any atom is -0.367 e. The fourth-order valence-corrected chi connectivity index (χ4v) is 4.05. The Hall–Kier alpha value is -2.63. The zero-order chi connectivity index (χ0) is 19.3. The first-order valence-electron chi connectivity index (χ1n) is 10.2. The quantitative estimate of drug-likeness (QED) is 0.814. The summed E-state index contributed by atoms with van der Waals surface area (Å²) in [6, 6.07) is 10.7. The Morgan fingerprint density at radius 3 is 2.14 bits per heavy atom. The molecule has 5 nitrogen and oxygen atoms in total. The maximum Gasteiger partial charge on any atom is 0.272 e. The third kappa shape index (κ3) is 4.11. The SMILES string of the molecule is O=C(c1ccc(N2CCN(c3ccccc3F)CC2)cn1)N1CCCCCC1. The highest BCUT2D eigenvalue weighted by atomic mass is 19.1. The van der Waals surface area contributed by atoms with Crippen LogP contribution in [-0.2, 0) is 0 Å². The van der Waals surface area contributed by atoms with Gasteiger partial charge in [-0.1, -0.05) is 25.0 Å². The van der Waals surface area contributed by atoms with Gasteiger partial charge >= 0.3 is 0 Å². The molecule has 6 heteroatoms. The van der Waals surface area contributed by atoms with Crippen LogP contribution in [-0.4, -0.2) is 55.1 Å². The van der Waals surface area contributed by atoms with Gasteiger partial charge in [0.05, 0.1) is 17.6 Å². The van der Waals surface area contributed by atoms with E-state index in [9.17, 15) is 9.18 Å². The number of benzene rings is 1. The third-order valence-corrected chi connectivity index (χ3v) is 5.70. The molecule has 0 aliphatic carbocycles. The molecule has 1 aromatic carbocycles. The minimum absolute atomic E-state index is 0.0397. The lowest BCUT2D eigenvalue weighted by atomic mass is 10.2. The molecule has 2 aliphatic heterocycles. The molecule has 1 amide bonds. The van der Waals surface area contributed by atoms with Gasteiger partial charge in [-0.25, -0.2) is 9.37 Å². The molecular weight excluding hydrogens is 355 g/mol. The van der Waals surface area contributed by atoms with Crippen LogP contribution in [0.5, 0.6) is 0 Å². The number of para-hydroxylation sites is 1. The highest BCUT2D eigenvalue weighted by Gasteiger charge is 2.21. The number of nitrogens with zero attached hydrogens (tertiary/aromatic N) is 4. The first-order chi connectivity index (χ1) is 13.7. The number of hydrogen-bond acceptors (Lipinski definition) is 4. The van der Waals surface area contributed by atoms with E-state index in [4.69, 9.17) is 0 Å². The second kappa shape index (κ2) is 8.59. The van der Waals surface area contributed by atoms with Crippen LogP contribution in [0.1, 0.15) is 36.2 Å². The number of carbonyl (C=O) groups is 1. The van der Waals surface area contributed by atoms with Crippen molar-refractivity contribution in [3.63, 3.8) is 0 Å². The van der Waals surface area contributed by atoms with Crippen LogP contribution in [0.2, 0.25) is 0 Å². The lowest BCUT2D eigenvalue weighted by molar-refractivity contribution is 0.0756. The van der Waals surface area contributed by atoms with Gasteiger partial charge in [0.2, 0.25) is 0 Å². The van der Waals surface area contributed by atoms with Crippen molar-refractivity contribution in [1.82, 2.24) is 9.88 Å². The summed E-state index contributed by atoms with van der Waals surface area (Å²) in [6.45, 7) is 4.79. The van der Waals surface area contributed by atoms with Crippen molar-refractivity contribution >= 4 is 17.3 Å². The molecule has 1 aromatic heterocycles. The molecule has 0 unspecified atom stereocenters. The van der Waals surface area contributed by atoms with Gasteiger partial charge in [-0.3, -0.25) is 4.79 Å². The topological polar surface area (TPSA) is 39.7 Å². The minimum atomic E-state index is -0.172. The van der Waals surface area contributed by atoms with E-state index >= 15 is 0 Å². The Balaban J connectivity index is 1.37. The molecular formula is C22H27FN4O. The number of rotatable bonds is 3. The van der Waals surface area contributed by atoms with Gasteiger partial charge in [-0.05, 0) is 37.1 Å². The summed E-state index contributed by atoms with van der Waals surface area (Å²) >= 11 is 0. The van der Waals surface area contributed by atoms with Crippen LogP contribution in [0.3, 0.4) is 0 Å². The number of aromatic nitrogens is 1. The lowest BCUT2D eigenvalue weighted by Crippen LogP contribution is -2.46. The molecule has 3 heterocycles. The largest absolute Gasteiger partial charge is 0.367 e. The normalized spacial score (nSPS) is 18.1. The van der Waals surface area contributed by atoms with Crippen LogP contribution >= 0.6 is 0 Å². The van der Waals surface area contributed by atoms with Gasteiger partial charge in [0, 0.05) is 39.3 Å². The fourth-order valence-electron chi connectivity index (χ4n) is 4.05. The summed E-state index contributed by atoms with van der Waals surface area (Å²) in [5, 5.41) is 0. The Bertz CT molecular complexity index is 794. The van der Waals surface area contributed by atoms with Crippen LogP contribution in [0.4, 0.5) is 15.8 Å². The fraction of sp³-hybridized carbons (Fsp3) is 0.455. The van der Waals surface area contributed by atoms with Crippen LogP contribution in [0.25, 0.3) is 0 Å². The maximum atomic E-state index is 14.0. The Morgan fingerprint density at radius 1 is 0.821 bits per heavy atom. The molecule has 0 spiro atoms. The maximum absolute atomic E-state index is 14.0. The van der Waals surface area contributed by atoms with Crippen molar-refractivity contribution in [2.75, 3.05) is 49.1 Å². The van der Waals surface area contributed by atoms with E-state index in [-0.39, 0.29) is 11.7 Å². The van der Waals surface area contributed by atoms with Crippen LogP contribution in [0.15, 0.2) is 42.6 Å². The lowest BCUT2D eigenvalue weighted by Gasteiger charge is -2.37. The van der Waals surface area contributed by atoms with Gasteiger partial charge in [-0.15, -0.1) is 0 Å². The number of piperazine rings is 1. The van der Waals surface area contributed by atoms with Crippen molar-refractivity contribution in [3.8, 4) is 0 Å². The highest BCUT2D eigenvalue weighted by molar-refractivity contribution is 5.92. The molecule has 0 N–H and O–H groups in total. The summed E-state index contributed by atoms with van der Waals surface area (Å²) in [7, 11) is 0. The van der Waals surface area contributed by atoms with Crippen LogP contribution in [0, 0.1) is 5.82 Å². The number of hydrogen-bond donors (Lipinski definition) is 0. The summed E-state index contributed by atoms with van der Waals surface area (Å²) in [4.78, 5) is 23.4. The van der Waals surface area contributed by atoms with Crippen molar-refractivity contribution in [3.05, 3.63) is 54.1 Å². The van der Waals surface area contributed by atoms with Gasteiger partial charge in [-0.2, -0.15) is 0 Å². The second-order valence-electron chi connectivity index (χ2n) is 7.53. The summed E-state index contributed by atoms with van der Waals surface area (Å²) < 4.78 is 14.0. The molecule has 0 saturated carbocycles. The number of anilines is 2. The average Bonchev–Trinajstić information content (AvgIpc) is 3.04. The zero-order valence-corrected chi connectivity index (χ0v) is 16.2. The second-order valence-corrected chi connectivity index (χ2v) is 7.53. The monoisotopic (exact) mass is 382 g/mol. The van der Waals surface area contributed by atoms with Crippen molar-refractivity contribution < 1.29 is 9.18 Å². The van der Waals surface area contributed by atoms with Gasteiger partial charge in [0.25, 0.3) is 5.91 Å². The Labute approximate surface area is 165 Å². The number of carbonyl (C=O) groups excluding carboxylic acids is 1. The first-order valence-corrected chi connectivity index (χ1v) is 10.2. The van der Waals surface area contributed by atoms with Crippen molar-refractivity contribution in [1.29, 1.82) is 0 Å². The number of halogens is 1. The van der Waals surface area contributed by atoms with Crippen molar-refractivity contribution in [2.45, 2.75) is 25.7 Å². The third-order valence-electron chi connectivity index (χ3n) is 5.70. The zero-order valence-electron chi connectivity index (χ0n) is 16.2. The van der Waals surface area contributed by atoms with E-state index in [0.717, 1.165) is 57.8 Å². The molecule has 148 valence electrons. The molecule has 28 heavy (non-hydrogen) atoms. The van der Waals surface area contributed by atoms with Gasteiger partial charge < -0.3 is 14.7 Å². The van der Waals surface area contributed by atoms with E-state index in [0.29, 0.717) is 11.4 Å². The summed E-state index contributed by atoms with van der Waals surface area (Å²) in [5.74, 6) is -0.133. The Kier molecular flexibility index (Phi) is 5.74.